The Morgan fingerprint density at radius 3 is 2.93 bits per heavy atom. The summed E-state index contributed by atoms with van der Waals surface area (Å²) < 4.78 is 14.2. The third kappa shape index (κ3) is 1.75. The lowest BCUT2D eigenvalue weighted by Gasteiger charge is -1.99. The summed E-state index contributed by atoms with van der Waals surface area (Å²) in [6.45, 7) is 0. The fourth-order valence-electron chi connectivity index (χ4n) is 0.914. The second-order valence-electron chi connectivity index (χ2n) is 2.44. The molecule has 0 aliphatic carbocycles. The van der Waals surface area contributed by atoms with Crippen molar-refractivity contribution in [2.24, 2.45) is 0 Å². The van der Waals surface area contributed by atoms with Crippen LogP contribution in [-0.4, -0.2) is 24.7 Å². The van der Waals surface area contributed by atoms with Crippen LogP contribution in [0, 0.1) is 17.1 Å². The molecule has 0 atom stereocenters. The van der Waals surface area contributed by atoms with Gasteiger partial charge in [0.2, 0.25) is 5.28 Å². The lowest BCUT2D eigenvalue weighted by atomic mass is 10.5. The Morgan fingerprint density at radius 2 is 2.27 bits per heavy atom. The van der Waals surface area contributed by atoms with Gasteiger partial charge in [-0.2, -0.15) is 14.9 Å². The molecule has 0 aliphatic heterocycles. The first kappa shape index (κ1) is 9.48. The van der Waals surface area contributed by atoms with Gasteiger partial charge in [-0.05, 0) is 11.6 Å². The van der Waals surface area contributed by atoms with E-state index in [4.69, 9.17) is 16.9 Å². The Hall–Kier alpha value is -2.07. The van der Waals surface area contributed by atoms with E-state index in [0.717, 1.165) is 10.9 Å². The van der Waals surface area contributed by atoms with Crippen molar-refractivity contribution in [1.29, 1.82) is 5.26 Å². The van der Waals surface area contributed by atoms with Crippen LogP contribution in [0.25, 0.3) is 5.82 Å². The molecule has 0 radical (unpaired) electrons. The quantitative estimate of drug-likeness (QED) is 0.667. The maximum absolute atomic E-state index is 13.2. The molecule has 0 fully saturated rings. The van der Waals surface area contributed by atoms with Crippen LogP contribution in [0.15, 0.2) is 12.5 Å². The molecule has 0 amide bonds. The van der Waals surface area contributed by atoms with Crippen molar-refractivity contribution in [3.8, 4) is 11.9 Å². The number of rotatable bonds is 1. The molecule has 2 rings (SSSR count). The highest BCUT2D eigenvalue weighted by Crippen LogP contribution is 2.10. The molecular formula is C7H2ClFN6. The van der Waals surface area contributed by atoms with Crippen LogP contribution in [0.2, 0.25) is 5.28 Å². The van der Waals surface area contributed by atoms with Crippen LogP contribution >= 0.6 is 11.6 Å². The zero-order valence-electron chi connectivity index (χ0n) is 7.09. The fourth-order valence-corrected chi connectivity index (χ4v) is 1.04. The summed E-state index contributed by atoms with van der Waals surface area (Å²) in [6, 6.07) is 1.71. The topological polar surface area (TPSA) is 80.3 Å². The van der Waals surface area contributed by atoms with E-state index in [-0.39, 0.29) is 16.9 Å². The third-order valence-corrected chi connectivity index (χ3v) is 1.69. The van der Waals surface area contributed by atoms with Gasteiger partial charge in [-0.1, -0.05) is 0 Å². The highest BCUT2D eigenvalue weighted by molar-refractivity contribution is 6.28. The summed E-state index contributed by atoms with van der Waals surface area (Å²) in [5.41, 5.74) is 0. The smallest absolute Gasteiger partial charge is 0.223 e. The molecule has 0 bridgehead atoms. The summed E-state index contributed by atoms with van der Waals surface area (Å²) >= 11 is 5.49. The van der Waals surface area contributed by atoms with Crippen LogP contribution in [0.5, 0.6) is 0 Å². The average Bonchev–Trinajstić information content (AvgIpc) is 2.70. The average molecular weight is 225 g/mol. The zero-order valence-corrected chi connectivity index (χ0v) is 7.85. The second kappa shape index (κ2) is 3.59. The van der Waals surface area contributed by atoms with Crippen LogP contribution in [-0.2, 0) is 0 Å². The molecule has 0 aromatic carbocycles. The molecule has 0 unspecified atom stereocenters. The molecule has 0 N–H and O–H groups in total. The summed E-state index contributed by atoms with van der Waals surface area (Å²) in [7, 11) is 0. The SMILES string of the molecule is N#Cc1ncn(-c2nc(Cl)ncc2F)n1. The van der Waals surface area contributed by atoms with Gasteiger partial charge in [0.1, 0.15) is 12.4 Å². The Labute approximate surface area is 88.0 Å². The van der Waals surface area contributed by atoms with Crippen molar-refractivity contribution >= 4 is 11.6 Å². The number of halogens is 2. The number of nitriles is 1. The van der Waals surface area contributed by atoms with Crippen LogP contribution in [0.3, 0.4) is 0 Å². The van der Waals surface area contributed by atoms with E-state index in [1.54, 1.807) is 6.07 Å². The summed E-state index contributed by atoms with van der Waals surface area (Å²) in [6.07, 6.45) is 2.08. The molecule has 8 heteroatoms. The zero-order chi connectivity index (χ0) is 10.8. The van der Waals surface area contributed by atoms with E-state index < -0.39 is 5.82 Å². The monoisotopic (exact) mass is 224 g/mol. The first-order valence-corrected chi connectivity index (χ1v) is 4.08. The molecule has 2 heterocycles. The van der Waals surface area contributed by atoms with Crippen LogP contribution in [0.1, 0.15) is 5.82 Å². The summed E-state index contributed by atoms with van der Waals surface area (Å²) in [5.74, 6) is -0.929. The van der Waals surface area contributed by atoms with Gasteiger partial charge >= 0.3 is 0 Å². The highest BCUT2D eigenvalue weighted by Gasteiger charge is 2.10. The highest BCUT2D eigenvalue weighted by atomic mass is 35.5. The molecule has 2 aromatic rings. The molecule has 0 spiro atoms. The number of hydrogen-bond donors (Lipinski definition) is 0. The van der Waals surface area contributed by atoms with E-state index in [1.807, 2.05) is 0 Å². The molecule has 74 valence electrons. The van der Waals surface area contributed by atoms with Gasteiger partial charge in [0, 0.05) is 0 Å². The van der Waals surface area contributed by atoms with Crippen molar-refractivity contribution < 1.29 is 4.39 Å². The van der Waals surface area contributed by atoms with Crippen molar-refractivity contribution in [1.82, 2.24) is 24.7 Å². The number of hydrogen-bond acceptors (Lipinski definition) is 5. The summed E-state index contributed by atoms with van der Waals surface area (Å²) in [5, 5.41) is 12.0. The minimum absolute atomic E-state index is 0.0795. The first-order valence-electron chi connectivity index (χ1n) is 3.71. The van der Waals surface area contributed by atoms with E-state index in [0.29, 0.717) is 0 Å². The van der Waals surface area contributed by atoms with Gasteiger partial charge in [-0.15, -0.1) is 5.10 Å². The van der Waals surface area contributed by atoms with Crippen molar-refractivity contribution in [2.45, 2.75) is 0 Å². The second-order valence-corrected chi connectivity index (χ2v) is 2.77. The predicted octanol–water partition coefficient (Wildman–Crippen LogP) is 0.721. The first-order chi connectivity index (χ1) is 7.20. The Balaban J connectivity index is 2.54. The van der Waals surface area contributed by atoms with E-state index in [9.17, 15) is 4.39 Å². The maximum Gasteiger partial charge on any atom is 0.252 e. The van der Waals surface area contributed by atoms with Crippen LogP contribution < -0.4 is 0 Å². The number of nitrogens with zero attached hydrogens (tertiary/aromatic N) is 6. The third-order valence-electron chi connectivity index (χ3n) is 1.51. The van der Waals surface area contributed by atoms with E-state index >= 15 is 0 Å². The van der Waals surface area contributed by atoms with Gasteiger partial charge < -0.3 is 0 Å². The van der Waals surface area contributed by atoms with E-state index in [1.165, 1.54) is 6.33 Å². The maximum atomic E-state index is 13.2. The Kier molecular flexibility index (Phi) is 2.27. The van der Waals surface area contributed by atoms with E-state index in [2.05, 4.69) is 20.1 Å². The standard InChI is InChI=1S/C7H2ClFN6/c8-7-11-2-4(9)6(13-7)15-3-12-5(1-10)14-15/h2-3H. The van der Waals surface area contributed by atoms with Gasteiger partial charge in [-0.25, -0.2) is 14.4 Å². The minimum atomic E-state index is -0.700. The Bertz CT molecular complexity index is 545. The predicted molar refractivity (Wildman–Crippen MR) is 46.6 cm³/mol. The van der Waals surface area contributed by atoms with Crippen LogP contribution in [0.4, 0.5) is 4.39 Å². The molecule has 6 nitrogen and oxygen atoms in total. The summed E-state index contributed by atoms with van der Waals surface area (Å²) in [4.78, 5) is 10.7. The Morgan fingerprint density at radius 1 is 1.47 bits per heavy atom. The van der Waals surface area contributed by atoms with Gasteiger partial charge in [-0.3, -0.25) is 0 Å². The lowest BCUT2D eigenvalue weighted by Crippen LogP contribution is -2.03. The largest absolute Gasteiger partial charge is 0.252 e. The fraction of sp³-hybridized carbons (Fsp3) is 0. The molecule has 0 saturated carbocycles. The molecule has 2 aromatic heterocycles. The van der Waals surface area contributed by atoms with Gasteiger partial charge in [0.05, 0.1) is 6.20 Å². The molecular weight excluding hydrogens is 223 g/mol. The van der Waals surface area contributed by atoms with Crippen molar-refractivity contribution in [3.63, 3.8) is 0 Å². The van der Waals surface area contributed by atoms with Crippen molar-refractivity contribution in [2.75, 3.05) is 0 Å². The molecule has 0 saturated heterocycles. The number of aromatic nitrogens is 5. The minimum Gasteiger partial charge on any atom is -0.223 e. The molecule has 0 aliphatic rings. The molecule has 15 heavy (non-hydrogen) atoms. The lowest BCUT2D eigenvalue weighted by molar-refractivity contribution is 0.592. The van der Waals surface area contributed by atoms with Gasteiger partial charge in [0.15, 0.2) is 11.6 Å². The van der Waals surface area contributed by atoms with Crippen molar-refractivity contribution in [3.05, 3.63) is 29.4 Å². The van der Waals surface area contributed by atoms with Gasteiger partial charge in [0.25, 0.3) is 5.82 Å². The normalized spacial score (nSPS) is 9.93.